The third kappa shape index (κ3) is 4.81. The largest absolute Gasteiger partial charge is 0.355 e. The van der Waals surface area contributed by atoms with Gasteiger partial charge in [-0.3, -0.25) is 9.78 Å². The summed E-state index contributed by atoms with van der Waals surface area (Å²) in [6, 6.07) is 22.4. The van der Waals surface area contributed by atoms with E-state index in [2.05, 4.69) is 30.9 Å². The average Bonchev–Trinajstić information content (AvgIpc) is 2.87. The summed E-state index contributed by atoms with van der Waals surface area (Å²) in [5, 5.41) is 9.99. The molecule has 0 bridgehead atoms. The lowest BCUT2D eigenvalue weighted by Gasteiger charge is -2.11. The molecule has 0 spiro atoms. The molecule has 0 atom stereocenters. The topological polar surface area (TPSA) is 91.8 Å². The fourth-order valence-corrected chi connectivity index (χ4v) is 3.44. The summed E-state index contributed by atoms with van der Waals surface area (Å²) in [5.74, 6) is 0.137. The van der Waals surface area contributed by atoms with E-state index in [-0.39, 0.29) is 11.7 Å². The standard InChI is InChI=1S/C26H19FN6O/c27-18-3-10-23-22(15-18)24(11-14-29-23)31-19-4-1-17(2-5-19)26(34)33-21-8-6-20(7-9-21)32-25-12-13-28-16-30-25/h1-16H,(H,29,31)(H,33,34)(H,28,30,32). The highest BCUT2D eigenvalue weighted by Gasteiger charge is 2.08. The number of pyridine rings is 1. The second kappa shape index (κ2) is 9.33. The maximum atomic E-state index is 13.7. The van der Waals surface area contributed by atoms with Gasteiger partial charge >= 0.3 is 0 Å². The summed E-state index contributed by atoms with van der Waals surface area (Å²) < 4.78 is 13.7. The third-order valence-electron chi connectivity index (χ3n) is 5.13. The number of carbonyl (C=O) groups is 1. The Morgan fingerprint density at radius 1 is 0.735 bits per heavy atom. The number of carbonyl (C=O) groups excluding carboxylic acids is 1. The van der Waals surface area contributed by atoms with Crippen molar-refractivity contribution in [3.8, 4) is 0 Å². The maximum Gasteiger partial charge on any atom is 0.255 e. The van der Waals surface area contributed by atoms with Gasteiger partial charge in [-0.25, -0.2) is 14.4 Å². The Kier molecular flexibility index (Phi) is 5.77. The molecule has 5 aromatic rings. The van der Waals surface area contributed by atoms with Crippen LogP contribution in [0.1, 0.15) is 10.4 Å². The van der Waals surface area contributed by atoms with E-state index in [9.17, 15) is 9.18 Å². The molecule has 0 aliphatic heterocycles. The molecule has 8 heteroatoms. The van der Waals surface area contributed by atoms with Gasteiger partial charge in [-0.2, -0.15) is 0 Å². The fourth-order valence-electron chi connectivity index (χ4n) is 3.44. The lowest BCUT2D eigenvalue weighted by molar-refractivity contribution is 0.102. The van der Waals surface area contributed by atoms with Gasteiger partial charge in [0, 0.05) is 46.1 Å². The molecule has 1 amide bonds. The number of hydrogen-bond donors (Lipinski definition) is 3. The Morgan fingerprint density at radius 3 is 2.24 bits per heavy atom. The fraction of sp³-hybridized carbons (Fsp3) is 0. The summed E-state index contributed by atoms with van der Waals surface area (Å²) in [6.45, 7) is 0. The van der Waals surface area contributed by atoms with Crippen LogP contribution < -0.4 is 16.0 Å². The van der Waals surface area contributed by atoms with Crippen LogP contribution in [-0.2, 0) is 0 Å². The summed E-state index contributed by atoms with van der Waals surface area (Å²) in [5.41, 5.74) is 4.23. The molecule has 5 rings (SSSR count). The van der Waals surface area contributed by atoms with Crippen LogP contribution in [0.3, 0.4) is 0 Å². The number of amides is 1. The number of halogens is 1. The van der Waals surface area contributed by atoms with Gasteiger partial charge in [0.15, 0.2) is 0 Å². The monoisotopic (exact) mass is 450 g/mol. The Morgan fingerprint density at radius 2 is 1.47 bits per heavy atom. The first-order chi connectivity index (χ1) is 16.6. The minimum absolute atomic E-state index is 0.223. The van der Waals surface area contributed by atoms with Crippen molar-refractivity contribution in [1.82, 2.24) is 15.0 Å². The molecule has 0 radical (unpaired) electrons. The van der Waals surface area contributed by atoms with Crippen LogP contribution in [0.2, 0.25) is 0 Å². The van der Waals surface area contributed by atoms with Crippen LogP contribution in [-0.4, -0.2) is 20.9 Å². The first-order valence-electron chi connectivity index (χ1n) is 10.5. The van der Waals surface area contributed by atoms with Gasteiger partial charge in [0.05, 0.1) is 5.52 Å². The normalized spacial score (nSPS) is 10.6. The highest BCUT2D eigenvalue weighted by atomic mass is 19.1. The van der Waals surface area contributed by atoms with Crippen molar-refractivity contribution in [3.63, 3.8) is 0 Å². The van der Waals surface area contributed by atoms with E-state index in [1.807, 2.05) is 24.3 Å². The van der Waals surface area contributed by atoms with Gasteiger partial charge in [0.1, 0.15) is 18.0 Å². The molecular weight excluding hydrogens is 431 g/mol. The maximum absolute atomic E-state index is 13.7. The number of anilines is 5. The van der Waals surface area contributed by atoms with E-state index in [0.29, 0.717) is 28.0 Å². The molecule has 0 fully saturated rings. The van der Waals surface area contributed by atoms with E-state index >= 15 is 0 Å². The Hall–Kier alpha value is -4.85. The second-order valence-corrected chi connectivity index (χ2v) is 7.47. The van der Waals surface area contributed by atoms with Crippen molar-refractivity contribution in [2.75, 3.05) is 16.0 Å². The summed E-state index contributed by atoms with van der Waals surface area (Å²) >= 11 is 0. The molecule has 2 heterocycles. The highest BCUT2D eigenvalue weighted by molar-refractivity contribution is 6.04. The van der Waals surface area contributed by atoms with Crippen molar-refractivity contribution >= 4 is 45.4 Å². The van der Waals surface area contributed by atoms with E-state index in [0.717, 1.165) is 17.1 Å². The first kappa shape index (κ1) is 21.0. The number of nitrogens with zero attached hydrogens (tertiary/aromatic N) is 3. The van der Waals surface area contributed by atoms with Crippen LogP contribution in [0.25, 0.3) is 10.9 Å². The number of benzene rings is 3. The highest BCUT2D eigenvalue weighted by Crippen LogP contribution is 2.26. The van der Waals surface area contributed by atoms with Gasteiger partial charge in [0.25, 0.3) is 5.91 Å². The summed E-state index contributed by atoms with van der Waals surface area (Å²) in [6.07, 6.45) is 4.79. The zero-order valence-corrected chi connectivity index (χ0v) is 17.9. The molecule has 7 nitrogen and oxygen atoms in total. The lowest BCUT2D eigenvalue weighted by atomic mass is 10.1. The molecule has 0 aliphatic carbocycles. The number of aromatic nitrogens is 3. The van der Waals surface area contributed by atoms with Crippen LogP contribution in [0.4, 0.5) is 33.0 Å². The zero-order chi connectivity index (χ0) is 23.3. The lowest BCUT2D eigenvalue weighted by Crippen LogP contribution is -2.11. The van der Waals surface area contributed by atoms with Crippen LogP contribution in [0, 0.1) is 5.82 Å². The quantitative estimate of drug-likeness (QED) is 0.298. The predicted octanol–water partition coefficient (Wildman–Crippen LogP) is 5.90. The molecule has 2 aromatic heterocycles. The van der Waals surface area contributed by atoms with Crippen molar-refractivity contribution in [2.45, 2.75) is 0 Å². The molecule has 0 saturated heterocycles. The third-order valence-corrected chi connectivity index (χ3v) is 5.13. The van der Waals surface area contributed by atoms with Gasteiger partial charge < -0.3 is 16.0 Å². The van der Waals surface area contributed by atoms with Crippen LogP contribution in [0.15, 0.2) is 97.6 Å². The van der Waals surface area contributed by atoms with Crippen molar-refractivity contribution in [1.29, 1.82) is 0 Å². The predicted molar refractivity (Wildman–Crippen MR) is 131 cm³/mol. The first-order valence-corrected chi connectivity index (χ1v) is 10.5. The summed E-state index contributed by atoms with van der Waals surface area (Å²) in [4.78, 5) is 24.9. The second-order valence-electron chi connectivity index (χ2n) is 7.47. The molecule has 166 valence electrons. The molecule has 3 N–H and O–H groups in total. The minimum atomic E-state index is -0.326. The summed E-state index contributed by atoms with van der Waals surface area (Å²) in [7, 11) is 0. The van der Waals surface area contributed by atoms with Gasteiger partial charge in [-0.15, -0.1) is 0 Å². The number of fused-ring (bicyclic) bond motifs is 1. The van der Waals surface area contributed by atoms with Crippen molar-refractivity contribution in [2.24, 2.45) is 0 Å². The Bertz CT molecular complexity index is 1440. The van der Waals surface area contributed by atoms with Gasteiger partial charge in [-0.1, -0.05) is 0 Å². The van der Waals surface area contributed by atoms with Gasteiger partial charge in [0.2, 0.25) is 0 Å². The van der Waals surface area contributed by atoms with Crippen molar-refractivity contribution < 1.29 is 9.18 Å². The van der Waals surface area contributed by atoms with E-state index in [1.54, 1.807) is 54.9 Å². The van der Waals surface area contributed by atoms with Crippen molar-refractivity contribution in [3.05, 3.63) is 109 Å². The Balaban J connectivity index is 1.24. The SMILES string of the molecule is O=C(Nc1ccc(Nc2ccncn2)cc1)c1ccc(Nc2ccnc3ccc(F)cc23)cc1. The minimum Gasteiger partial charge on any atom is -0.355 e. The van der Waals surface area contributed by atoms with Gasteiger partial charge in [-0.05, 0) is 78.9 Å². The number of hydrogen-bond acceptors (Lipinski definition) is 6. The molecule has 0 aliphatic rings. The Labute approximate surface area is 194 Å². The van der Waals surface area contributed by atoms with Crippen LogP contribution >= 0.6 is 0 Å². The number of rotatable bonds is 6. The van der Waals surface area contributed by atoms with E-state index in [4.69, 9.17) is 0 Å². The van der Waals surface area contributed by atoms with E-state index in [1.165, 1.54) is 18.5 Å². The molecule has 0 unspecified atom stereocenters. The smallest absolute Gasteiger partial charge is 0.255 e. The van der Waals surface area contributed by atoms with Crippen LogP contribution in [0.5, 0.6) is 0 Å². The average molecular weight is 450 g/mol. The zero-order valence-electron chi connectivity index (χ0n) is 17.9. The molecule has 34 heavy (non-hydrogen) atoms. The van der Waals surface area contributed by atoms with E-state index < -0.39 is 0 Å². The molecule has 3 aromatic carbocycles. The molecule has 0 saturated carbocycles. The molecular formula is C26H19FN6O. The number of nitrogens with one attached hydrogen (secondary N) is 3.